The maximum Gasteiger partial charge on any atom is 0.319 e. The van der Waals surface area contributed by atoms with Gasteiger partial charge >= 0.3 is 12.0 Å². The zero-order valence-electron chi connectivity index (χ0n) is 14.3. The molecule has 1 saturated heterocycles. The van der Waals surface area contributed by atoms with Crippen molar-refractivity contribution in [3.05, 3.63) is 82.0 Å². The van der Waals surface area contributed by atoms with Gasteiger partial charge in [0.15, 0.2) is 0 Å². The van der Waals surface area contributed by atoms with E-state index in [1.54, 1.807) is 0 Å². The predicted molar refractivity (Wildman–Crippen MR) is 102 cm³/mol. The summed E-state index contributed by atoms with van der Waals surface area (Å²) >= 11 is 3.42. The van der Waals surface area contributed by atoms with Crippen LogP contribution < -0.4 is 10.6 Å². The first-order valence-electron chi connectivity index (χ1n) is 8.18. The van der Waals surface area contributed by atoms with Gasteiger partial charge in [0.25, 0.3) is 0 Å². The Hall–Kier alpha value is -2.60. The third-order valence-electron chi connectivity index (χ3n) is 4.23. The largest absolute Gasteiger partial charge is 0.460 e. The van der Waals surface area contributed by atoms with Gasteiger partial charge in [0.05, 0.1) is 6.04 Å². The Kier molecular flexibility index (Phi) is 5.42. The van der Waals surface area contributed by atoms with Crippen molar-refractivity contribution in [2.45, 2.75) is 19.6 Å². The van der Waals surface area contributed by atoms with E-state index in [0.717, 1.165) is 21.2 Å². The van der Waals surface area contributed by atoms with Crippen LogP contribution in [0.15, 0.2) is 65.3 Å². The van der Waals surface area contributed by atoms with Crippen LogP contribution in [0.5, 0.6) is 0 Å². The number of carbonyl (C=O) groups is 2. The van der Waals surface area contributed by atoms with Gasteiger partial charge in [-0.15, -0.1) is 0 Å². The molecule has 0 saturated carbocycles. The number of amides is 2. The number of ether oxygens (including phenoxy) is 1. The third kappa shape index (κ3) is 4.14. The average molecular weight is 415 g/mol. The Balaban J connectivity index is 1.79. The second-order valence-corrected chi connectivity index (χ2v) is 7.14. The third-order valence-corrected chi connectivity index (χ3v) is 4.73. The van der Waals surface area contributed by atoms with Crippen molar-refractivity contribution in [2.24, 2.45) is 5.92 Å². The van der Waals surface area contributed by atoms with Crippen molar-refractivity contribution in [3.8, 4) is 0 Å². The number of halogens is 1. The van der Waals surface area contributed by atoms with Gasteiger partial charge in [0.2, 0.25) is 0 Å². The van der Waals surface area contributed by atoms with E-state index in [-0.39, 0.29) is 12.6 Å². The highest BCUT2D eigenvalue weighted by atomic mass is 79.9. The highest BCUT2D eigenvalue weighted by Crippen LogP contribution is 2.31. The van der Waals surface area contributed by atoms with Gasteiger partial charge in [-0.1, -0.05) is 64.5 Å². The lowest BCUT2D eigenvalue weighted by atomic mass is 9.89. The number of benzene rings is 2. The van der Waals surface area contributed by atoms with Crippen molar-refractivity contribution >= 4 is 27.9 Å². The lowest BCUT2D eigenvalue weighted by molar-refractivity contribution is -0.149. The summed E-state index contributed by atoms with van der Waals surface area (Å²) in [5, 5.41) is 5.37. The van der Waals surface area contributed by atoms with Crippen LogP contribution in [-0.2, 0) is 16.1 Å². The zero-order chi connectivity index (χ0) is 18.7. The fraction of sp³-hybridized carbons (Fsp3) is 0.200. The summed E-state index contributed by atoms with van der Waals surface area (Å²) in [7, 11) is 0. The van der Waals surface area contributed by atoms with Gasteiger partial charge in [0, 0.05) is 10.2 Å². The molecule has 6 heteroatoms. The SMILES string of the molecule is C=C1NC(=O)NC(c2cccc(Br)c2)C1C(=O)OCc1ccc(C)cc1. The second-order valence-electron chi connectivity index (χ2n) is 6.23. The molecule has 2 unspecified atom stereocenters. The van der Waals surface area contributed by atoms with Crippen molar-refractivity contribution in [3.63, 3.8) is 0 Å². The Morgan fingerprint density at radius 1 is 1.23 bits per heavy atom. The number of rotatable bonds is 4. The van der Waals surface area contributed by atoms with E-state index in [4.69, 9.17) is 4.74 Å². The van der Waals surface area contributed by atoms with E-state index < -0.39 is 17.9 Å². The number of hydrogen-bond donors (Lipinski definition) is 2. The minimum atomic E-state index is -0.715. The Morgan fingerprint density at radius 3 is 2.65 bits per heavy atom. The molecule has 0 radical (unpaired) electrons. The molecule has 1 aliphatic heterocycles. The molecule has 0 aromatic heterocycles. The quantitative estimate of drug-likeness (QED) is 0.743. The molecular formula is C20H19BrN2O3. The summed E-state index contributed by atoms with van der Waals surface area (Å²) in [6.07, 6.45) is 0. The van der Waals surface area contributed by atoms with Crippen LogP contribution >= 0.6 is 15.9 Å². The molecule has 3 rings (SSSR count). The predicted octanol–water partition coefficient (Wildman–Crippen LogP) is 3.98. The molecule has 0 spiro atoms. The molecule has 26 heavy (non-hydrogen) atoms. The van der Waals surface area contributed by atoms with E-state index in [1.807, 2.05) is 55.5 Å². The number of urea groups is 1. The molecule has 2 N–H and O–H groups in total. The maximum atomic E-state index is 12.7. The van der Waals surface area contributed by atoms with Crippen LogP contribution in [0.1, 0.15) is 22.7 Å². The summed E-state index contributed by atoms with van der Waals surface area (Å²) in [5.74, 6) is -1.15. The molecular weight excluding hydrogens is 396 g/mol. The Morgan fingerprint density at radius 2 is 1.96 bits per heavy atom. The summed E-state index contributed by atoms with van der Waals surface area (Å²) in [6.45, 7) is 6.01. The summed E-state index contributed by atoms with van der Waals surface area (Å²) in [5.41, 5.74) is 3.17. The van der Waals surface area contributed by atoms with Crippen LogP contribution in [-0.4, -0.2) is 12.0 Å². The van der Waals surface area contributed by atoms with E-state index in [9.17, 15) is 9.59 Å². The molecule has 2 aromatic carbocycles. The van der Waals surface area contributed by atoms with Crippen LogP contribution in [0.4, 0.5) is 4.79 Å². The van der Waals surface area contributed by atoms with E-state index in [2.05, 4.69) is 33.1 Å². The number of carbonyl (C=O) groups excluding carboxylic acids is 2. The van der Waals surface area contributed by atoms with Crippen LogP contribution in [0.3, 0.4) is 0 Å². The summed E-state index contributed by atoms with van der Waals surface area (Å²) < 4.78 is 6.35. The molecule has 2 amide bonds. The van der Waals surface area contributed by atoms with Gasteiger partial charge in [-0.2, -0.15) is 0 Å². The Labute approximate surface area is 160 Å². The van der Waals surface area contributed by atoms with Gasteiger partial charge in [-0.3, -0.25) is 4.79 Å². The standard InChI is InChI=1S/C20H19BrN2O3/c1-12-6-8-14(9-7-12)11-26-19(24)17-13(2)22-20(25)23-18(17)15-4-3-5-16(21)10-15/h3-10,17-18H,2,11H2,1H3,(H2,22,23,25). The number of nitrogens with one attached hydrogen (secondary N) is 2. The van der Waals surface area contributed by atoms with Gasteiger partial charge in [-0.25, -0.2) is 4.79 Å². The highest BCUT2D eigenvalue weighted by Gasteiger charge is 2.38. The van der Waals surface area contributed by atoms with Gasteiger partial charge in [0.1, 0.15) is 12.5 Å². The minimum absolute atomic E-state index is 0.169. The monoisotopic (exact) mass is 414 g/mol. The summed E-state index contributed by atoms with van der Waals surface area (Å²) in [6, 6.07) is 14.3. The van der Waals surface area contributed by atoms with Crippen LogP contribution in [0, 0.1) is 12.8 Å². The molecule has 0 aliphatic carbocycles. The first-order chi connectivity index (χ1) is 12.4. The molecule has 1 fully saturated rings. The first kappa shape index (κ1) is 18.2. The van der Waals surface area contributed by atoms with Crippen LogP contribution in [0.2, 0.25) is 0 Å². The average Bonchev–Trinajstić information content (AvgIpc) is 2.60. The fourth-order valence-electron chi connectivity index (χ4n) is 2.87. The maximum absolute atomic E-state index is 12.7. The van der Waals surface area contributed by atoms with Crippen molar-refractivity contribution < 1.29 is 14.3 Å². The van der Waals surface area contributed by atoms with Crippen molar-refractivity contribution in [1.29, 1.82) is 0 Å². The molecule has 5 nitrogen and oxygen atoms in total. The van der Waals surface area contributed by atoms with E-state index >= 15 is 0 Å². The molecule has 0 bridgehead atoms. The minimum Gasteiger partial charge on any atom is -0.460 e. The molecule has 1 heterocycles. The zero-order valence-corrected chi connectivity index (χ0v) is 15.9. The highest BCUT2D eigenvalue weighted by molar-refractivity contribution is 9.10. The van der Waals surface area contributed by atoms with Gasteiger partial charge in [-0.05, 0) is 30.2 Å². The van der Waals surface area contributed by atoms with Crippen molar-refractivity contribution in [1.82, 2.24) is 10.6 Å². The topological polar surface area (TPSA) is 67.4 Å². The van der Waals surface area contributed by atoms with Crippen molar-refractivity contribution in [2.75, 3.05) is 0 Å². The second kappa shape index (κ2) is 7.74. The summed E-state index contributed by atoms with van der Waals surface area (Å²) in [4.78, 5) is 24.6. The fourth-order valence-corrected chi connectivity index (χ4v) is 3.29. The number of aryl methyl sites for hydroxylation is 1. The normalized spacial score (nSPS) is 19.5. The molecule has 134 valence electrons. The number of esters is 1. The molecule has 2 aromatic rings. The number of hydrogen-bond acceptors (Lipinski definition) is 3. The first-order valence-corrected chi connectivity index (χ1v) is 8.97. The van der Waals surface area contributed by atoms with E-state index in [0.29, 0.717) is 5.70 Å². The lowest BCUT2D eigenvalue weighted by Crippen LogP contribution is -2.51. The van der Waals surface area contributed by atoms with Crippen LogP contribution in [0.25, 0.3) is 0 Å². The van der Waals surface area contributed by atoms with E-state index in [1.165, 1.54) is 0 Å². The van der Waals surface area contributed by atoms with Gasteiger partial charge < -0.3 is 15.4 Å². The Bertz CT molecular complexity index is 848. The molecule has 2 atom stereocenters. The smallest absolute Gasteiger partial charge is 0.319 e. The lowest BCUT2D eigenvalue weighted by Gasteiger charge is -2.33. The molecule has 1 aliphatic rings.